The van der Waals surface area contributed by atoms with Crippen molar-refractivity contribution in [1.29, 1.82) is 0 Å². The van der Waals surface area contributed by atoms with E-state index in [1.54, 1.807) is 13.1 Å². The van der Waals surface area contributed by atoms with E-state index < -0.39 is 10.0 Å². The molecule has 0 bridgehead atoms. The summed E-state index contributed by atoms with van der Waals surface area (Å²) in [5, 5.41) is 5.66. The first kappa shape index (κ1) is 18.4. The molecule has 0 aliphatic heterocycles. The van der Waals surface area contributed by atoms with Crippen molar-refractivity contribution in [3.8, 4) is 0 Å². The molecule has 0 aromatic heterocycles. The Bertz CT molecular complexity index is 1210. The minimum Gasteiger partial charge on any atom is -0.208 e. The molecule has 4 heteroatoms. The highest BCUT2D eigenvalue weighted by atomic mass is 32.2. The van der Waals surface area contributed by atoms with Crippen LogP contribution in [0.3, 0.4) is 0 Å². The first-order valence-electron chi connectivity index (χ1n) is 9.13. The van der Waals surface area contributed by atoms with Crippen LogP contribution in [-0.4, -0.2) is 19.8 Å². The molecule has 0 saturated heterocycles. The minimum absolute atomic E-state index is 0.309. The summed E-state index contributed by atoms with van der Waals surface area (Å²) in [6.45, 7) is 0.309. The van der Waals surface area contributed by atoms with Crippen LogP contribution >= 0.6 is 0 Å². The van der Waals surface area contributed by atoms with Crippen LogP contribution in [0.25, 0.3) is 27.6 Å². The SMILES string of the molecule is CN(Cc1c2ccccc2cc2ccccc12)S(=O)(=O)/C=C/c1ccccc1. The van der Waals surface area contributed by atoms with Gasteiger partial charge in [-0.3, -0.25) is 0 Å². The van der Waals surface area contributed by atoms with Crippen molar-refractivity contribution in [2.24, 2.45) is 0 Å². The van der Waals surface area contributed by atoms with Crippen molar-refractivity contribution in [3.63, 3.8) is 0 Å². The van der Waals surface area contributed by atoms with Gasteiger partial charge in [-0.2, -0.15) is 4.31 Å². The zero-order valence-electron chi connectivity index (χ0n) is 15.6. The molecule has 0 heterocycles. The van der Waals surface area contributed by atoms with Gasteiger partial charge in [0, 0.05) is 19.0 Å². The molecular weight excluding hydrogens is 366 g/mol. The molecule has 0 fully saturated rings. The van der Waals surface area contributed by atoms with Gasteiger partial charge in [0.1, 0.15) is 0 Å². The van der Waals surface area contributed by atoms with Crippen LogP contribution in [0.15, 0.2) is 90.3 Å². The van der Waals surface area contributed by atoms with Crippen LogP contribution in [0, 0.1) is 0 Å². The number of hydrogen-bond donors (Lipinski definition) is 0. The number of nitrogens with zero attached hydrogens (tertiary/aromatic N) is 1. The fourth-order valence-corrected chi connectivity index (χ4v) is 4.27. The van der Waals surface area contributed by atoms with E-state index in [0.717, 1.165) is 32.7 Å². The van der Waals surface area contributed by atoms with Crippen molar-refractivity contribution in [3.05, 3.63) is 101 Å². The maximum Gasteiger partial charge on any atom is 0.236 e. The van der Waals surface area contributed by atoms with Gasteiger partial charge in [-0.15, -0.1) is 0 Å². The van der Waals surface area contributed by atoms with Gasteiger partial charge in [0.05, 0.1) is 0 Å². The maximum atomic E-state index is 12.8. The molecular formula is C24H21NO2S. The van der Waals surface area contributed by atoms with E-state index in [-0.39, 0.29) is 0 Å². The van der Waals surface area contributed by atoms with Crippen LogP contribution < -0.4 is 0 Å². The number of fused-ring (bicyclic) bond motifs is 2. The van der Waals surface area contributed by atoms with E-state index in [1.165, 1.54) is 9.71 Å². The number of rotatable bonds is 5. The fraction of sp³-hybridized carbons (Fsp3) is 0.0833. The van der Waals surface area contributed by atoms with Crippen LogP contribution in [-0.2, 0) is 16.6 Å². The summed E-state index contributed by atoms with van der Waals surface area (Å²) in [4.78, 5) is 0. The predicted octanol–water partition coefficient (Wildman–Crippen LogP) is 5.43. The highest BCUT2D eigenvalue weighted by Gasteiger charge is 2.17. The molecule has 0 saturated carbocycles. The number of benzene rings is 4. The molecule has 0 N–H and O–H groups in total. The average molecular weight is 388 g/mol. The van der Waals surface area contributed by atoms with E-state index in [9.17, 15) is 8.42 Å². The van der Waals surface area contributed by atoms with Crippen LogP contribution in [0.4, 0.5) is 0 Å². The van der Waals surface area contributed by atoms with Gasteiger partial charge in [-0.25, -0.2) is 8.42 Å². The highest BCUT2D eigenvalue weighted by Crippen LogP contribution is 2.30. The largest absolute Gasteiger partial charge is 0.236 e. The van der Waals surface area contributed by atoms with Gasteiger partial charge >= 0.3 is 0 Å². The Morgan fingerprint density at radius 1 is 0.786 bits per heavy atom. The molecule has 0 radical (unpaired) electrons. The quantitative estimate of drug-likeness (QED) is 0.429. The van der Waals surface area contributed by atoms with Crippen LogP contribution in [0.1, 0.15) is 11.1 Å². The lowest BCUT2D eigenvalue weighted by Gasteiger charge is -2.18. The number of sulfonamides is 1. The Morgan fingerprint density at radius 3 is 1.93 bits per heavy atom. The van der Waals surface area contributed by atoms with Crippen molar-refractivity contribution in [2.45, 2.75) is 6.54 Å². The topological polar surface area (TPSA) is 37.4 Å². The monoisotopic (exact) mass is 387 g/mol. The summed E-state index contributed by atoms with van der Waals surface area (Å²) >= 11 is 0. The van der Waals surface area contributed by atoms with Gasteiger partial charge < -0.3 is 0 Å². The second-order valence-electron chi connectivity index (χ2n) is 6.81. The van der Waals surface area contributed by atoms with Crippen molar-refractivity contribution < 1.29 is 8.42 Å². The van der Waals surface area contributed by atoms with Crippen LogP contribution in [0.2, 0.25) is 0 Å². The van der Waals surface area contributed by atoms with Gasteiger partial charge in [-0.05, 0) is 44.8 Å². The molecule has 0 unspecified atom stereocenters. The third-order valence-electron chi connectivity index (χ3n) is 4.93. The lowest BCUT2D eigenvalue weighted by Crippen LogP contribution is -2.24. The summed E-state index contributed by atoms with van der Waals surface area (Å²) in [5.74, 6) is 0. The third kappa shape index (κ3) is 3.70. The lowest BCUT2D eigenvalue weighted by molar-refractivity contribution is 0.478. The molecule has 140 valence electrons. The zero-order valence-corrected chi connectivity index (χ0v) is 16.4. The Kier molecular flexibility index (Phi) is 4.99. The predicted molar refractivity (Wildman–Crippen MR) is 117 cm³/mol. The van der Waals surface area contributed by atoms with E-state index in [4.69, 9.17) is 0 Å². The summed E-state index contributed by atoms with van der Waals surface area (Å²) in [5.41, 5.74) is 1.88. The zero-order chi connectivity index (χ0) is 19.6. The maximum absolute atomic E-state index is 12.8. The summed E-state index contributed by atoms with van der Waals surface area (Å²) in [6, 6.07) is 27.8. The summed E-state index contributed by atoms with van der Waals surface area (Å²) in [6.07, 6.45) is 1.63. The second kappa shape index (κ2) is 7.58. The molecule has 0 aliphatic carbocycles. The molecule has 4 aromatic rings. The van der Waals surface area contributed by atoms with E-state index in [1.807, 2.05) is 54.6 Å². The van der Waals surface area contributed by atoms with Gasteiger partial charge in [0.25, 0.3) is 0 Å². The Balaban J connectivity index is 1.73. The van der Waals surface area contributed by atoms with Gasteiger partial charge in [0.15, 0.2) is 0 Å². The molecule has 4 aromatic carbocycles. The smallest absolute Gasteiger partial charge is 0.208 e. The minimum atomic E-state index is -3.54. The first-order valence-corrected chi connectivity index (χ1v) is 10.6. The molecule has 28 heavy (non-hydrogen) atoms. The van der Waals surface area contributed by atoms with Gasteiger partial charge in [-0.1, -0.05) is 78.9 Å². The summed E-state index contributed by atoms with van der Waals surface area (Å²) in [7, 11) is -1.91. The Morgan fingerprint density at radius 2 is 1.32 bits per heavy atom. The van der Waals surface area contributed by atoms with Crippen LogP contribution in [0.5, 0.6) is 0 Å². The summed E-state index contributed by atoms with van der Waals surface area (Å²) < 4.78 is 27.0. The molecule has 4 rings (SSSR count). The molecule has 3 nitrogen and oxygen atoms in total. The van der Waals surface area contributed by atoms with E-state index in [2.05, 4.69) is 30.3 Å². The van der Waals surface area contributed by atoms with E-state index >= 15 is 0 Å². The normalized spacial score (nSPS) is 12.4. The van der Waals surface area contributed by atoms with Crippen molar-refractivity contribution in [2.75, 3.05) is 7.05 Å². The molecule has 0 amide bonds. The van der Waals surface area contributed by atoms with Gasteiger partial charge in [0.2, 0.25) is 10.0 Å². The Labute approximate surface area is 165 Å². The molecule has 0 spiro atoms. The molecule has 0 atom stereocenters. The highest BCUT2D eigenvalue weighted by molar-refractivity contribution is 7.92. The third-order valence-corrected chi connectivity index (χ3v) is 6.41. The average Bonchev–Trinajstić information content (AvgIpc) is 2.73. The molecule has 0 aliphatic rings. The standard InChI is InChI=1S/C24H21NO2S/c1-25(28(26,27)16-15-19-9-3-2-4-10-19)18-24-22-13-7-5-11-20(22)17-21-12-6-8-14-23(21)24/h2-17H,18H2,1H3/b16-15+. The van der Waals surface area contributed by atoms with Crippen molar-refractivity contribution >= 4 is 37.6 Å². The van der Waals surface area contributed by atoms with Crippen molar-refractivity contribution in [1.82, 2.24) is 4.31 Å². The fourth-order valence-electron chi connectivity index (χ4n) is 3.42. The second-order valence-corrected chi connectivity index (χ2v) is 8.74. The van der Waals surface area contributed by atoms with E-state index in [0.29, 0.717) is 6.54 Å². The number of hydrogen-bond acceptors (Lipinski definition) is 2. The Hall–Kier alpha value is -2.95. The first-order chi connectivity index (χ1) is 13.5. The lowest BCUT2D eigenvalue weighted by atomic mass is 9.97.